The van der Waals surface area contributed by atoms with Crippen molar-refractivity contribution < 1.29 is 0 Å². The van der Waals surface area contributed by atoms with Crippen LogP contribution in [0.3, 0.4) is 0 Å². The molecule has 0 heteroatoms. The average Bonchev–Trinajstić information content (AvgIpc) is 2.29. The molecule has 1 aromatic carbocycles. The summed E-state index contributed by atoms with van der Waals surface area (Å²) in [6.07, 6.45) is 4.91. The molecule has 0 saturated heterocycles. The van der Waals surface area contributed by atoms with Gasteiger partial charge in [0.1, 0.15) is 0 Å². The monoisotopic (exact) mass is 204 g/mol. The zero-order valence-corrected chi connectivity index (χ0v) is 10.6. The van der Waals surface area contributed by atoms with E-state index < -0.39 is 0 Å². The van der Waals surface area contributed by atoms with Crippen LogP contribution in [0.1, 0.15) is 58.1 Å². The summed E-state index contributed by atoms with van der Waals surface area (Å²) < 4.78 is 0. The van der Waals surface area contributed by atoms with Gasteiger partial charge in [0.15, 0.2) is 0 Å². The van der Waals surface area contributed by atoms with Crippen LogP contribution >= 0.6 is 0 Å². The quantitative estimate of drug-likeness (QED) is 0.651. The molecule has 0 fully saturated rings. The summed E-state index contributed by atoms with van der Waals surface area (Å²) in [4.78, 5) is 0. The molecule has 0 amide bonds. The molecule has 1 aromatic rings. The highest BCUT2D eigenvalue weighted by Crippen LogP contribution is 2.32. The highest BCUT2D eigenvalue weighted by molar-refractivity contribution is 5.28. The molecule has 0 saturated carbocycles. The third kappa shape index (κ3) is 2.84. The van der Waals surface area contributed by atoms with E-state index in [9.17, 15) is 0 Å². The van der Waals surface area contributed by atoms with Crippen LogP contribution in [0, 0.1) is 0 Å². The molecule has 1 atom stereocenters. The van der Waals surface area contributed by atoms with Crippen LogP contribution in [0.15, 0.2) is 24.3 Å². The zero-order valence-electron chi connectivity index (χ0n) is 10.6. The Balaban J connectivity index is 2.92. The van der Waals surface area contributed by atoms with Crippen LogP contribution in [-0.2, 0) is 11.8 Å². The van der Waals surface area contributed by atoms with Gasteiger partial charge >= 0.3 is 0 Å². The van der Waals surface area contributed by atoms with E-state index in [-0.39, 0.29) is 0 Å². The first-order chi connectivity index (χ1) is 7.16. The number of hydrogen-bond donors (Lipinski definition) is 0. The smallest absolute Gasteiger partial charge is 0.00780 e. The van der Waals surface area contributed by atoms with E-state index in [1.54, 1.807) is 0 Å². The van der Waals surface area contributed by atoms with Crippen molar-refractivity contribution in [3.05, 3.63) is 35.4 Å². The standard InChI is InChI=1S/C15H24/c1-5-12-15(4,7-3)14-10-8-13(6-2)9-11-14/h8-11H,5-7,12H2,1-4H3. The number of hydrogen-bond acceptors (Lipinski definition) is 0. The largest absolute Gasteiger partial charge is 0.0654 e. The molecule has 0 aliphatic rings. The number of benzene rings is 1. The van der Waals surface area contributed by atoms with Crippen LogP contribution in [0.5, 0.6) is 0 Å². The third-order valence-electron chi connectivity index (χ3n) is 3.64. The summed E-state index contributed by atoms with van der Waals surface area (Å²) >= 11 is 0. The van der Waals surface area contributed by atoms with Crippen LogP contribution in [0.4, 0.5) is 0 Å². The number of aryl methyl sites for hydroxylation is 1. The van der Waals surface area contributed by atoms with E-state index in [1.807, 2.05) is 0 Å². The van der Waals surface area contributed by atoms with Crippen molar-refractivity contribution in [2.45, 2.75) is 58.8 Å². The summed E-state index contributed by atoms with van der Waals surface area (Å²) in [5, 5.41) is 0. The Hall–Kier alpha value is -0.780. The van der Waals surface area contributed by atoms with Crippen LogP contribution < -0.4 is 0 Å². The molecule has 0 N–H and O–H groups in total. The van der Waals surface area contributed by atoms with Crippen molar-refractivity contribution in [2.75, 3.05) is 0 Å². The minimum absolute atomic E-state index is 0.376. The van der Waals surface area contributed by atoms with Crippen LogP contribution in [-0.4, -0.2) is 0 Å². The molecule has 0 spiro atoms. The molecule has 0 radical (unpaired) electrons. The minimum Gasteiger partial charge on any atom is -0.0654 e. The molecule has 0 aromatic heterocycles. The molecule has 0 nitrogen and oxygen atoms in total. The molecule has 0 bridgehead atoms. The fourth-order valence-corrected chi connectivity index (χ4v) is 2.22. The molecule has 0 heterocycles. The highest BCUT2D eigenvalue weighted by atomic mass is 14.3. The predicted octanol–water partition coefficient (Wildman–Crippen LogP) is 4.72. The van der Waals surface area contributed by atoms with Crippen molar-refractivity contribution in [2.24, 2.45) is 0 Å². The second-order valence-electron chi connectivity index (χ2n) is 4.71. The molecular formula is C15H24. The summed E-state index contributed by atoms with van der Waals surface area (Å²) in [6.45, 7) is 9.16. The molecular weight excluding hydrogens is 180 g/mol. The van der Waals surface area contributed by atoms with Crippen molar-refractivity contribution in [3.63, 3.8) is 0 Å². The highest BCUT2D eigenvalue weighted by Gasteiger charge is 2.22. The lowest BCUT2D eigenvalue weighted by Gasteiger charge is -2.28. The van der Waals surface area contributed by atoms with E-state index in [0.717, 1.165) is 6.42 Å². The summed E-state index contributed by atoms with van der Waals surface area (Å²) in [7, 11) is 0. The Bertz CT molecular complexity index is 283. The minimum atomic E-state index is 0.376. The summed E-state index contributed by atoms with van der Waals surface area (Å²) in [6, 6.07) is 9.19. The first kappa shape index (κ1) is 12.3. The second kappa shape index (κ2) is 5.34. The molecule has 1 rings (SSSR count). The fourth-order valence-electron chi connectivity index (χ4n) is 2.22. The summed E-state index contributed by atoms with van der Waals surface area (Å²) in [5.74, 6) is 0. The normalized spacial score (nSPS) is 14.9. The fraction of sp³-hybridized carbons (Fsp3) is 0.600. The van der Waals surface area contributed by atoms with Gasteiger partial charge in [-0.2, -0.15) is 0 Å². The SMILES string of the molecule is CCCC(C)(CC)c1ccc(CC)cc1. The maximum atomic E-state index is 2.39. The van der Waals surface area contributed by atoms with Crippen LogP contribution in [0.2, 0.25) is 0 Å². The molecule has 15 heavy (non-hydrogen) atoms. The topological polar surface area (TPSA) is 0 Å². The van der Waals surface area contributed by atoms with Gasteiger partial charge in [0.2, 0.25) is 0 Å². The van der Waals surface area contributed by atoms with Gasteiger partial charge < -0.3 is 0 Å². The van der Waals surface area contributed by atoms with Gasteiger partial charge in [-0.1, -0.05) is 58.4 Å². The molecule has 84 valence electrons. The molecule has 1 unspecified atom stereocenters. The zero-order chi connectivity index (χ0) is 11.3. The van der Waals surface area contributed by atoms with Crippen molar-refractivity contribution in [3.8, 4) is 0 Å². The first-order valence-corrected chi connectivity index (χ1v) is 6.25. The van der Waals surface area contributed by atoms with E-state index in [2.05, 4.69) is 52.0 Å². The van der Waals surface area contributed by atoms with E-state index in [0.29, 0.717) is 5.41 Å². The van der Waals surface area contributed by atoms with Gasteiger partial charge in [0.25, 0.3) is 0 Å². The van der Waals surface area contributed by atoms with Crippen molar-refractivity contribution in [1.82, 2.24) is 0 Å². The second-order valence-corrected chi connectivity index (χ2v) is 4.71. The first-order valence-electron chi connectivity index (χ1n) is 6.25. The Labute approximate surface area is 94.7 Å². The Morgan fingerprint density at radius 3 is 2.00 bits per heavy atom. The van der Waals surface area contributed by atoms with Gasteiger partial charge in [0.05, 0.1) is 0 Å². The van der Waals surface area contributed by atoms with Crippen molar-refractivity contribution >= 4 is 0 Å². The Morgan fingerprint density at radius 1 is 1.00 bits per heavy atom. The lowest BCUT2D eigenvalue weighted by atomic mass is 9.76. The Kier molecular flexibility index (Phi) is 4.38. The maximum absolute atomic E-state index is 2.39. The lowest BCUT2D eigenvalue weighted by molar-refractivity contribution is 0.414. The van der Waals surface area contributed by atoms with E-state index in [1.165, 1.54) is 30.4 Å². The maximum Gasteiger partial charge on any atom is -0.00780 e. The predicted molar refractivity (Wildman–Crippen MR) is 68.4 cm³/mol. The molecule has 0 aliphatic heterocycles. The van der Waals surface area contributed by atoms with E-state index in [4.69, 9.17) is 0 Å². The third-order valence-corrected chi connectivity index (χ3v) is 3.64. The van der Waals surface area contributed by atoms with Gasteiger partial charge in [-0.25, -0.2) is 0 Å². The van der Waals surface area contributed by atoms with Crippen molar-refractivity contribution in [1.29, 1.82) is 0 Å². The lowest BCUT2D eigenvalue weighted by Crippen LogP contribution is -2.20. The van der Waals surface area contributed by atoms with Gasteiger partial charge in [0, 0.05) is 0 Å². The van der Waals surface area contributed by atoms with Gasteiger partial charge in [-0.3, -0.25) is 0 Å². The number of rotatable bonds is 5. The summed E-state index contributed by atoms with van der Waals surface area (Å²) in [5.41, 5.74) is 3.32. The Morgan fingerprint density at radius 2 is 1.60 bits per heavy atom. The van der Waals surface area contributed by atoms with Gasteiger partial charge in [-0.15, -0.1) is 0 Å². The van der Waals surface area contributed by atoms with Gasteiger partial charge in [-0.05, 0) is 35.8 Å². The molecule has 0 aliphatic carbocycles. The average molecular weight is 204 g/mol. The van der Waals surface area contributed by atoms with E-state index >= 15 is 0 Å². The van der Waals surface area contributed by atoms with Crippen LogP contribution in [0.25, 0.3) is 0 Å².